The molecule has 0 spiro atoms. The Morgan fingerprint density at radius 1 is 0.483 bits per heavy atom. The first-order valence-electron chi connectivity index (χ1n) is 23.9. The second kappa shape index (κ2) is 44.6. The van der Waals surface area contributed by atoms with Crippen molar-refractivity contribution in [1.29, 1.82) is 0 Å². The lowest BCUT2D eigenvalue weighted by Gasteiger charge is -2.19. The molecular weight excluding hydrogens is 748 g/mol. The van der Waals surface area contributed by atoms with Crippen LogP contribution in [0.1, 0.15) is 226 Å². The van der Waals surface area contributed by atoms with Gasteiger partial charge < -0.3 is 14.4 Å². The van der Waals surface area contributed by atoms with E-state index in [9.17, 15) is 19.0 Å². The summed E-state index contributed by atoms with van der Waals surface area (Å²) in [7, 11) is -4.28. The second-order valence-corrected chi connectivity index (χ2v) is 17.2. The zero-order chi connectivity index (χ0) is 42.5. The minimum atomic E-state index is -4.28. The molecule has 338 valence electrons. The molecule has 0 aliphatic carbocycles. The molecule has 0 bridgehead atoms. The Balaban J connectivity index is 4.00. The van der Waals surface area contributed by atoms with E-state index in [0.717, 1.165) is 70.6 Å². The molecule has 0 aromatic carbocycles. The minimum absolute atomic E-state index is 0.000272. The Kier molecular flexibility index (Phi) is 43.0. The van der Waals surface area contributed by atoms with Crippen LogP contribution in [0.3, 0.4) is 0 Å². The zero-order valence-corrected chi connectivity index (χ0v) is 38.6. The molecule has 0 amide bonds. The Morgan fingerprint density at radius 2 is 0.879 bits per heavy atom. The van der Waals surface area contributed by atoms with Gasteiger partial charge in [-0.05, 0) is 58.3 Å². The zero-order valence-electron chi connectivity index (χ0n) is 37.7. The molecule has 0 aliphatic rings. The molecule has 58 heavy (non-hydrogen) atoms. The number of esters is 2. The summed E-state index contributed by atoms with van der Waals surface area (Å²) in [5, 5.41) is 0. The summed E-state index contributed by atoms with van der Waals surface area (Å²) in [5.74, 6) is -0.795. The number of hydrogen-bond donors (Lipinski definition) is 1. The fourth-order valence-corrected chi connectivity index (χ4v) is 7.44. The molecule has 0 rings (SSSR count). The van der Waals surface area contributed by atoms with Crippen LogP contribution in [0, 0.1) is 0 Å². The van der Waals surface area contributed by atoms with E-state index in [4.69, 9.17) is 18.5 Å². The number of phosphoric ester groups is 1. The van der Waals surface area contributed by atoms with Crippen LogP contribution in [-0.2, 0) is 32.7 Å². The van der Waals surface area contributed by atoms with Gasteiger partial charge in [-0.2, -0.15) is 0 Å². The third-order valence-corrected chi connectivity index (χ3v) is 11.2. The van der Waals surface area contributed by atoms with E-state index in [1.165, 1.54) is 116 Å². The van der Waals surface area contributed by atoms with E-state index < -0.39 is 26.5 Å². The summed E-state index contributed by atoms with van der Waals surface area (Å²) in [4.78, 5) is 34.8. The molecule has 0 saturated heterocycles. The van der Waals surface area contributed by atoms with E-state index in [0.29, 0.717) is 12.8 Å². The maximum absolute atomic E-state index is 12.6. The van der Waals surface area contributed by atoms with Crippen molar-refractivity contribution in [2.75, 3.05) is 19.8 Å². The molecule has 0 aromatic rings. The van der Waals surface area contributed by atoms with Crippen LogP contribution in [0.2, 0.25) is 0 Å². The van der Waals surface area contributed by atoms with Gasteiger partial charge in [0, 0.05) is 12.8 Å². The standard InChI is InChI=1S/C49H89O8P/c1-4-7-9-11-13-15-17-19-21-22-23-24-25-26-27-28-30-32-34-36-38-40-42-44-49(51)57-47(46-56-58(52,53)55-6-3)45-54-48(50)43-41-39-37-35-33-31-29-20-18-16-14-12-10-8-5-2/h7,9,13,15,19,21,23-24,47H,4-6,8,10-12,14,16-18,20,22,25-46H2,1-3H3,(H,52,53)/b9-7-,15-13-,21-19-,24-23-. The van der Waals surface area contributed by atoms with Gasteiger partial charge in [0.1, 0.15) is 6.61 Å². The first kappa shape index (κ1) is 56.0. The second-order valence-electron chi connectivity index (χ2n) is 15.8. The Morgan fingerprint density at radius 3 is 1.33 bits per heavy atom. The molecule has 0 aliphatic heterocycles. The van der Waals surface area contributed by atoms with E-state index in [1.807, 2.05) is 0 Å². The first-order valence-corrected chi connectivity index (χ1v) is 25.4. The molecule has 0 heterocycles. The molecule has 2 unspecified atom stereocenters. The number of rotatable bonds is 44. The van der Waals surface area contributed by atoms with Crippen LogP contribution in [0.15, 0.2) is 48.6 Å². The summed E-state index contributed by atoms with van der Waals surface area (Å²) in [6.07, 6.45) is 53.1. The summed E-state index contributed by atoms with van der Waals surface area (Å²) in [6.45, 7) is 5.39. The van der Waals surface area contributed by atoms with Crippen LogP contribution in [0.25, 0.3) is 0 Å². The highest BCUT2D eigenvalue weighted by molar-refractivity contribution is 7.47. The van der Waals surface area contributed by atoms with E-state index in [-0.39, 0.29) is 25.6 Å². The quantitative estimate of drug-likeness (QED) is 0.0280. The highest BCUT2D eigenvalue weighted by atomic mass is 31.2. The number of carbonyl (C=O) groups is 2. The molecule has 0 radical (unpaired) electrons. The average Bonchev–Trinajstić information content (AvgIpc) is 3.20. The van der Waals surface area contributed by atoms with E-state index >= 15 is 0 Å². The van der Waals surface area contributed by atoms with Gasteiger partial charge in [0.25, 0.3) is 0 Å². The largest absolute Gasteiger partial charge is 0.472 e. The van der Waals surface area contributed by atoms with Crippen molar-refractivity contribution < 1.29 is 37.6 Å². The average molecular weight is 837 g/mol. The molecule has 2 atom stereocenters. The summed E-state index contributed by atoms with van der Waals surface area (Å²) in [6, 6.07) is 0. The van der Waals surface area contributed by atoms with E-state index in [1.54, 1.807) is 6.92 Å². The molecule has 9 heteroatoms. The predicted molar refractivity (Wildman–Crippen MR) is 244 cm³/mol. The monoisotopic (exact) mass is 837 g/mol. The van der Waals surface area contributed by atoms with Crippen molar-refractivity contribution in [3.8, 4) is 0 Å². The number of unbranched alkanes of at least 4 members (excludes halogenated alkanes) is 24. The van der Waals surface area contributed by atoms with Crippen LogP contribution < -0.4 is 0 Å². The van der Waals surface area contributed by atoms with Gasteiger partial charge >= 0.3 is 19.8 Å². The SMILES string of the molecule is CC/C=C\C/C=C\C/C=C\C/C=C\CCCCCCCCCCCCC(=O)OC(COC(=O)CCCCCCCCCCCCCCCCC)COP(=O)(O)OCC. The lowest BCUT2D eigenvalue weighted by Crippen LogP contribution is -2.29. The van der Waals surface area contributed by atoms with Gasteiger partial charge in [-0.25, -0.2) is 4.57 Å². The van der Waals surface area contributed by atoms with Crippen molar-refractivity contribution in [3.05, 3.63) is 48.6 Å². The normalized spacial score (nSPS) is 13.7. The Bertz CT molecular complexity index is 1080. The van der Waals surface area contributed by atoms with Crippen molar-refractivity contribution in [2.24, 2.45) is 0 Å². The maximum Gasteiger partial charge on any atom is 0.472 e. The molecule has 0 fully saturated rings. The predicted octanol–water partition coefficient (Wildman–Crippen LogP) is 15.3. The fraction of sp³-hybridized carbons (Fsp3) is 0.796. The third-order valence-electron chi connectivity index (χ3n) is 10.1. The lowest BCUT2D eigenvalue weighted by molar-refractivity contribution is -0.161. The van der Waals surface area contributed by atoms with Crippen LogP contribution in [0.4, 0.5) is 0 Å². The number of allylic oxidation sites excluding steroid dienone is 8. The number of carbonyl (C=O) groups excluding carboxylic acids is 2. The van der Waals surface area contributed by atoms with Crippen LogP contribution in [0.5, 0.6) is 0 Å². The Labute approximate surface area is 357 Å². The van der Waals surface area contributed by atoms with Crippen molar-refractivity contribution in [3.63, 3.8) is 0 Å². The number of hydrogen-bond acceptors (Lipinski definition) is 7. The van der Waals surface area contributed by atoms with E-state index in [2.05, 4.69) is 62.5 Å². The molecule has 8 nitrogen and oxygen atoms in total. The first-order chi connectivity index (χ1) is 28.3. The number of ether oxygens (including phenoxy) is 2. The van der Waals surface area contributed by atoms with Gasteiger partial charge in [0.05, 0.1) is 13.2 Å². The summed E-state index contributed by atoms with van der Waals surface area (Å²) in [5.41, 5.74) is 0. The summed E-state index contributed by atoms with van der Waals surface area (Å²) < 4.78 is 32.7. The fourth-order valence-electron chi connectivity index (χ4n) is 6.68. The molecule has 0 saturated carbocycles. The van der Waals surface area contributed by atoms with Gasteiger partial charge in [0.15, 0.2) is 6.10 Å². The topological polar surface area (TPSA) is 108 Å². The van der Waals surface area contributed by atoms with Gasteiger partial charge in [-0.15, -0.1) is 0 Å². The lowest BCUT2D eigenvalue weighted by atomic mass is 10.0. The third kappa shape index (κ3) is 43.6. The van der Waals surface area contributed by atoms with Gasteiger partial charge in [-0.1, -0.05) is 204 Å². The molecule has 1 N–H and O–H groups in total. The van der Waals surface area contributed by atoms with Gasteiger partial charge in [-0.3, -0.25) is 18.6 Å². The van der Waals surface area contributed by atoms with Crippen molar-refractivity contribution >= 4 is 19.8 Å². The van der Waals surface area contributed by atoms with Crippen molar-refractivity contribution in [2.45, 2.75) is 232 Å². The Hall–Kier alpha value is -1.99. The number of phosphoric acid groups is 1. The van der Waals surface area contributed by atoms with Crippen molar-refractivity contribution in [1.82, 2.24) is 0 Å². The highest BCUT2D eigenvalue weighted by Crippen LogP contribution is 2.43. The minimum Gasteiger partial charge on any atom is -0.462 e. The molecule has 0 aromatic heterocycles. The van der Waals surface area contributed by atoms with Gasteiger partial charge in [0.2, 0.25) is 0 Å². The van der Waals surface area contributed by atoms with Crippen LogP contribution in [-0.4, -0.2) is 42.8 Å². The van der Waals surface area contributed by atoms with Crippen LogP contribution >= 0.6 is 7.82 Å². The highest BCUT2D eigenvalue weighted by Gasteiger charge is 2.25. The summed E-state index contributed by atoms with van der Waals surface area (Å²) >= 11 is 0. The smallest absolute Gasteiger partial charge is 0.462 e. The molecular formula is C49H89O8P. The maximum atomic E-state index is 12.6.